The largest absolute Gasteiger partial charge is 0.492 e. The first-order valence-electron chi connectivity index (χ1n) is 11.3. The van der Waals surface area contributed by atoms with Crippen molar-refractivity contribution in [3.8, 4) is 17.2 Å². The number of rotatable bonds is 8. The van der Waals surface area contributed by atoms with Gasteiger partial charge in [-0.2, -0.15) is 18.4 Å². The smallest absolute Gasteiger partial charge is 0.369 e. The van der Waals surface area contributed by atoms with Gasteiger partial charge in [-0.25, -0.2) is 4.79 Å². The predicted octanol–water partition coefficient (Wildman–Crippen LogP) is 2.81. The van der Waals surface area contributed by atoms with Gasteiger partial charge < -0.3 is 15.9 Å². The van der Waals surface area contributed by atoms with Gasteiger partial charge in [0.05, 0.1) is 12.5 Å². The van der Waals surface area contributed by atoms with Crippen molar-refractivity contribution in [1.29, 1.82) is 5.26 Å². The van der Waals surface area contributed by atoms with Crippen LogP contribution in [-0.2, 0) is 32.1 Å². The topological polar surface area (TPSA) is 126 Å². The van der Waals surface area contributed by atoms with Crippen molar-refractivity contribution < 1.29 is 32.4 Å². The number of benzene rings is 2. The van der Waals surface area contributed by atoms with Crippen LogP contribution in [0, 0.1) is 11.3 Å². The lowest BCUT2D eigenvalue weighted by Crippen LogP contribution is -2.53. The van der Waals surface area contributed by atoms with Gasteiger partial charge in [0.2, 0.25) is 11.8 Å². The van der Waals surface area contributed by atoms with Crippen molar-refractivity contribution in [2.75, 3.05) is 6.54 Å². The maximum Gasteiger partial charge on any atom is 0.492 e. The van der Waals surface area contributed by atoms with Gasteiger partial charge >= 0.3 is 12.1 Å². The minimum atomic E-state index is -5.18. The van der Waals surface area contributed by atoms with E-state index in [0.717, 1.165) is 27.3 Å². The number of nitrogens with zero attached hydrogens (tertiary/aromatic N) is 2. The number of hydrogen-bond acceptors (Lipinski definition) is 6. The Labute approximate surface area is 205 Å². The minimum Gasteiger partial charge on any atom is -0.369 e. The Kier molecular flexibility index (Phi) is 8.66. The number of carbonyl (C=O) groups is 3. The Bertz CT molecular complexity index is 1150. The normalized spacial score (nSPS) is 17.0. The predicted molar refractivity (Wildman–Crippen MR) is 123 cm³/mol. The molecule has 36 heavy (non-hydrogen) atoms. The quantitative estimate of drug-likeness (QED) is 0.572. The summed E-state index contributed by atoms with van der Waals surface area (Å²) in [7, 11) is 0. The maximum atomic E-state index is 12.7. The van der Waals surface area contributed by atoms with Gasteiger partial charge in [-0.3, -0.25) is 9.59 Å². The van der Waals surface area contributed by atoms with Crippen LogP contribution in [0.4, 0.5) is 13.2 Å². The summed E-state index contributed by atoms with van der Waals surface area (Å²) in [6, 6.07) is 14.6. The molecule has 0 aromatic heterocycles. The number of amides is 2. The van der Waals surface area contributed by atoms with Crippen LogP contribution in [-0.4, -0.2) is 47.7 Å². The first-order valence-corrected chi connectivity index (χ1v) is 11.3. The second-order valence-corrected chi connectivity index (χ2v) is 8.46. The molecule has 190 valence electrons. The van der Waals surface area contributed by atoms with Crippen LogP contribution in [0.15, 0.2) is 48.5 Å². The summed E-state index contributed by atoms with van der Waals surface area (Å²) in [4.78, 5) is 39.5. The summed E-state index contributed by atoms with van der Waals surface area (Å²) in [5.41, 5.74) is 8.56. The standard InChI is InChI=1S/C25H25F3N4O4/c26-25(27,28)24(35)36-32-11-2-1-6-21(32)23(34)31-20(15-29)13-16-7-9-18(10-8-16)19-5-3-4-17(12-19)14-22(30)33/h3-5,7-10,12,20-21H,1-2,6,11,13-14H2,(H2,30,33)(H,31,34)/t20-,21-/m0/s1. The van der Waals surface area contributed by atoms with Gasteiger partial charge in [-0.15, -0.1) is 5.06 Å². The van der Waals surface area contributed by atoms with E-state index in [0.29, 0.717) is 12.8 Å². The summed E-state index contributed by atoms with van der Waals surface area (Å²) in [6.07, 6.45) is -3.66. The Balaban J connectivity index is 1.63. The molecule has 2 atom stereocenters. The molecule has 0 aliphatic carbocycles. The molecule has 11 heteroatoms. The van der Waals surface area contributed by atoms with E-state index in [9.17, 15) is 32.8 Å². The number of hydroxylamine groups is 2. The molecule has 0 saturated carbocycles. The Hall–Kier alpha value is -3.91. The van der Waals surface area contributed by atoms with Crippen molar-refractivity contribution in [3.63, 3.8) is 0 Å². The minimum absolute atomic E-state index is 0.0147. The van der Waals surface area contributed by atoms with Crippen molar-refractivity contribution in [1.82, 2.24) is 10.4 Å². The van der Waals surface area contributed by atoms with Crippen LogP contribution < -0.4 is 11.1 Å². The molecule has 0 bridgehead atoms. The van der Waals surface area contributed by atoms with Crippen LogP contribution in [0.1, 0.15) is 30.4 Å². The molecule has 3 N–H and O–H groups in total. The average molecular weight is 502 g/mol. The molecule has 1 heterocycles. The number of hydrogen-bond donors (Lipinski definition) is 2. The lowest BCUT2D eigenvalue weighted by atomic mass is 9.98. The van der Waals surface area contributed by atoms with Crippen LogP contribution in [0.2, 0.25) is 0 Å². The Morgan fingerprint density at radius 2 is 1.83 bits per heavy atom. The number of nitriles is 1. The molecule has 1 aliphatic rings. The monoisotopic (exact) mass is 502 g/mol. The molecule has 0 spiro atoms. The van der Waals surface area contributed by atoms with Crippen LogP contribution in [0.3, 0.4) is 0 Å². The van der Waals surface area contributed by atoms with E-state index in [2.05, 4.69) is 10.2 Å². The van der Waals surface area contributed by atoms with Crippen molar-refractivity contribution in [2.45, 2.75) is 50.4 Å². The lowest BCUT2D eigenvalue weighted by molar-refractivity contribution is -0.248. The van der Waals surface area contributed by atoms with E-state index in [-0.39, 0.29) is 25.8 Å². The number of halogens is 3. The molecule has 2 amide bonds. The third-order valence-corrected chi connectivity index (χ3v) is 5.69. The summed E-state index contributed by atoms with van der Waals surface area (Å²) in [5, 5.41) is 12.8. The first kappa shape index (κ1) is 26.7. The van der Waals surface area contributed by atoms with E-state index in [1.54, 1.807) is 18.2 Å². The highest BCUT2D eigenvalue weighted by Gasteiger charge is 2.44. The fourth-order valence-electron chi connectivity index (χ4n) is 3.96. The molecule has 1 aliphatic heterocycles. The second-order valence-electron chi connectivity index (χ2n) is 8.46. The molecular formula is C25H25F3N4O4. The van der Waals surface area contributed by atoms with Gasteiger partial charge in [0.25, 0.3) is 0 Å². The molecule has 3 rings (SSSR count). The van der Waals surface area contributed by atoms with Gasteiger partial charge in [0.15, 0.2) is 0 Å². The van der Waals surface area contributed by atoms with Gasteiger partial charge in [0, 0.05) is 13.0 Å². The zero-order valence-electron chi connectivity index (χ0n) is 19.3. The number of alkyl halides is 3. The molecule has 1 fully saturated rings. The van der Waals surface area contributed by atoms with E-state index < -0.39 is 36.0 Å². The highest BCUT2D eigenvalue weighted by molar-refractivity contribution is 5.83. The summed E-state index contributed by atoms with van der Waals surface area (Å²) in [6.45, 7) is -0.0147. The Morgan fingerprint density at radius 3 is 2.47 bits per heavy atom. The molecule has 8 nitrogen and oxygen atoms in total. The number of piperidine rings is 1. The molecule has 0 unspecified atom stereocenters. The van der Waals surface area contributed by atoms with Crippen LogP contribution >= 0.6 is 0 Å². The van der Waals surface area contributed by atoms with E-state index >= 15 is 0 Å². The van der Waals surface area contributed by atoms with Gasteiger partial charge in [-0.05, 0) is 41.5 Å². The Morgan fingerprint density at radius 1 is 1.11 bits per heavy atom. The number of primary amides is 1. The maximum absolute atomic E-state index is 12.7. The molecule has 2 aromatic rings. The fourth-order valence-corrected chi connectivity index (χ4v) is 3.96. The zero-order valence-corrected chi connectivity index (χ0v) is 19.3. The third-order valence-electron chi connectivity index (χ3n) is 5.69. The van der Waals surface area contributed by atoms with Crippen molar-refractivity contribution in [3.05, 3.63) is 59.7 Å². The van der Waals surface area contributed by atoms with Crippen LogP contribution in [0.5, 0.6) is 0 Å². The van der Waals surface area contributed by atoms with Gasteiger partial charge in [-0.1, -0.05) is 48.5 Å². The number of nitrogens with two attached hydrogens (primary N) is 1. The first-order chi connectivity index (χ1) is 17.1. The van der Waals surface area contributed by atoms with Crippen molar-refractivity contribution >= 4 is 17.8 Å². The fraction of sp³-hybridized carbons (Fsp3) is 0.360. The zero-order chi connectivity index (χ0) is 26.3. The third kappa shape index (κ3) is 7.29. The lowest BCUT2D eigenvalue weighted by Gasteiger charge is -2.33. The van der Waals surface area contributed by atoms with Gasteiger partial charge in [0.1, 0.15) is 12.1 Å². The van der Waals surface area contributed by atoms with Crippen LogP contribution in [0.25, 0.3) is 11.1 Å². The number of nitrogens with one attached hydrogen (secondary N) is 1. The van der Waals surface area contributed by atoms with E-state index in [4.69, 9.17) is 5.73 Å². The van der Waals surface area contributed by atoms with Crippen molar-refractivity contribution in [2.24, 2.45) is 5.73 Å². The van der Waals surface area contributed by atoms with E-state index in [1.165, 1.54) is 0 Å². The second kappa shape index (κ2) is 11.7. The summed E-state index contributed by atoms with van der Waals surface area (Å²) < 4.78 is 37.7. The molecular weight excluding hydrogens is 477 g/mol. The molecule has 2 aromatic carbocycles. The highest BCUT2D eigenvalue weighted by atomic mass is 19.4. The molecule has 1 saturated heterocycles. The summed E-state index contributed by atoms with van der Waals surface area (Å²) >= 11 is 0. The molecule has 0 radical (unpaired) electrons. The number of carbonyl (C=O) groups excluding carboxylic acids is 3. The SMILES string of the molecule is N#C[C@H](Cc1ccc(-c2cccc(CC(N)=O)c2)cc1)NC(=O)[C@@H]1CCCCN1OC(=O)C(F)(F)F. The van der Waals surface area contributed by atoms with E-state index in [1.807, 2.05) is 36.4 Å². The average Bonchev–Trinajstić information content (AvgIpc) is 2.83. The highest BCUT2D eigenvalue weighted by Crippen LogP contribution is 2.24. The summed E-state index contributed by atoms with van der Waals surface area (Å²) in [5.74, 6) is -3.50.